The Morgan fingerprint density at radius 1 is 1.18 bits per heavy atom. The Labute approximate surface area is 107 Å². The quantitative estimate of drug-likeness (QED) is 0.718. The normalized spacial score (nSPS) is 11.3. The number of aromatic nitrogens is 1. The third-order valence-electron chi connectivity index (χ3n) is 2.82. The van der Waals surface area contributed by atoms with Crippen LogP contribution in [0.25, 0.3) is 5.69 Å². The minimum absolute atomic E-state index is 0.756. The van der Waals surface area contributed by atoms with Crippen LogP contribution in [0.15, 0.2) is 35.3 Å². The van der Waals surface area contributed by atoms with Gasteiger partial charge in [-0.15, -0.1) is 0 Å². The van der Waals surface area contributed by atoms with Crippen molar-refractivity contribution in [1.82, 2.24) is 4.57 Å². The lowest BCUT2D eigenvalue weighted by Crippen LogP contribution is -1.99. The van der Waals surface area contributed by atoms with E-state index in [1.165, 1.54) is 11.4 Å². The molecule has 0 aliphatic carbocycles. The van der Waals surface area contributed by atoms with Gasteiger partial charge in [0.1, 0.15) is 0 Å². The SMILES string of the molecule is CN=Cc1cc(C)n(-c2ccc(Cl)cc2)c1C. The fraction of sp³-hybridized carbons (Fsp3) is 0.214. The predicted molar refractivity (Wildman–Crippen MR) is 73.8 cm³/mol. The van der Waals surface area contributed by atoms with Gasteiger partial charge in [0.15, 0.2) is 0 Å². The second-order valence-electron chi connectivity index (χ2n) is 4.03. The smallest absolute Gasteiger partial charge is 0.0456 e. The van der Waals surface area contributed by atoms with E-state index in [-0.39, 0.29) is 0 Å². The molecule has 0 amide bonds. The van der Waals surface area contributed by atoms with Crippen molar-refractivity contribution in [3.8, 4) is 5.69 Å². The highest BCUT2D eigenvalue weighted by Crippen LogP contribution is 2.21. The van der Waals surface area contributed by atoms with Crippen molar-refractivity contribution in [2.24, 2.45) is 4.99 Å². The lowest BCUT2D eigenvalue weighted by Gasteiger charge is -2.09. The van der Waals surface area contributed by atoms with Crippen LogP contribution in [0.3, 0.4) is 0 Å². The average molecular weight is 247 g/mol. The highest BCUT2D eigenvalue weighted by molar-refractivity contribution is 6.30. The predicted octanol–water partition coefficient (Wildman–Crippen LogP) is 3.80. The van der Waals surface area contributed by atoms with E-state index in [1.807, 2.05) is 30.5 Å². The molecule has 17 heavy (non-hydrogen) atoms. The molecule has 2 nitrogen and oxygen atoms in total. The Kier molecular flexibility index (Phi) is 3.34. The van der Waals surface area contributed by atoms with E-state index >= 15 is 0 Å². The second-order valence-corrected chi connectivity index (χ2v) is 4.46. The Morgan fingerprint density at radius 3 is 2.41 bits per heavy atom. The molecular weight excluding hydrogens is 232 g/mol. The summed E-state index contributed by atoms with van der Waals surface area (Å²) >= 11 is 5.90. The lowest BCUT2D eigenvalue weighted by molar-refractivity contribution is 0.965. The summed E-state index contributed by atoms with van der Waals surface area (Å²) in [4.78, 5) is 4.07. The number of hydrogen-bond acceptors (Lipinski definition) is 1. The van der Waals surface area contributed by atoms with Crippen molar-refractivity contribution in [2.75, 3.05) is 7.05 Å². The van der Waals surface area contributed by atoms with E-state index in [9.17, 15) is 0 Å². The molecule has 3 heteroatoms. The molecule has 0 radical (unpaired) electrons. The maximum Gasteiger partial charge on any atom is 0.0456 e. The first-order valence-electron chi connectivity index (χ1n) is 5.50. The Balaban J connectivity index is 2.55. The molecule has 0 fully saturated rings. The highest BCUT2D eigenvalue weighted by atomic mass is 35.5. The van der Waals surface area contributed by atoms with Crippen molar-refractivity contribution in [2.45, 2.75) is 13.8 Å². The van der Waals surface area contributed by atoms with E-state index in [2.05, 4.69) is 29.5 Å². The van der Waals surface area contributed by atoms with Crippen LogP contribution < -0.4 is 0 Å². The van der Waals surface area contributed by atoms with E-state index < -0.39 is 0 Å². The Hall–Kier alpha value is -1.54. The van der Waals surface area contributed by atoms with Crippen LogP contribution in [-0.4, -0.2) is 17.8 Å². The summed E-state index contributed by atoms with van der Waals surface area (Å²) in [6.07, 6.45) is 1.88. The summed E-state index contributed by atoms with van der Waals surface area (Å²) in [5.74, 6) is 0. The molecule has 88 valence electrons. The van der Waals surface area contributed by atoms with Gasteiger partial charge in [0.05, 0.1) is 0 Å². The van der Waals surface area contributed by atoms with Crippen LogP contribution in [0.2, 0.25) is 5.02 Å². The topological polar surface area (TPSA) is 17.3 Å². The summed E-state index contributed by atoms with van der Waals surface area (Å²) in [7, 11) is 1.79. The molecule has 0 saturated carbocycles. The summed E-state index contributed by atoms with van der Waals surface area (Å²) in [6.45, 7) is 4.19. The maximum atomic E-state index is 5.90. The molecule has 0 saturated heterocycles. The van der Waals surface area contributed by atoms with Crippen molar-refractivity contribution in [3.63, 3.8) is 0 Å². The molecule has 0 aliphatic rings. The van der Waals surface area contributed by atoms with Gasteiger partial charge in [0, 0.05) is 40.9 Å². The summed E-state index contributed by atoms with van der Waals surface area (Å²) in [5, 5.41) is 0.756. The molecule has 1 heterocycles. The molecule has 1 aromatic carbocycles. The summed E-state index contributed by atoms with van der Waals surface area (Å²) in [5.41, 5.74) is 4.66. The van der Waals surface area contributed by atoms with Gasteiger partial charge in [-0.25, -0.2) is 0 Å². The largest absolute Gasteiger partial charge is 0.318 e. The molecule has 0 aliphatic heterocycles. The Morgan fingerprint density at radius 2 is 1.82 bits per heavy atom. The number of hydrogen-bond donors (Lipinski definition) is 0. The zero-order valence-electron chi connectivity index (χ0n) is 10.2. The third-order valence-corrected chi connectivity index (χ3v) is 3.08. The minimum atomic E-state index is 0.756. The van der Waals surface area contributed by atoms with Crippen LogP contribution in [0.1, 0.15) is 17.0 Å². The highest BCUT2D eigenvalue weighted by Gasteiger charge is 2.08. The third kappa shape index (κ3) is 2.27. The second kappa shape index (κ2) is 4.76. The van der Waals surface area contributed by atoms with Gasteiger partial charge in [-0.05, 0) is 44.2 Å². The number of nitrogens with zero attached hydrogens (tertiary/aromatic N) is 2. The van der Waals surface area contributed by atoms with Gasteiger partial charge < -0.3 is 4.57 Å². The molecule has 0 spiro atoms. The summed E-state index contributed by atoms with van der Waals surface area (Å²) < 4.78 is 2.20. The van der Waals surface area contributed by atoms with E-state index in [1.54, 1.807) is 7.05 Å². The number of benzene rings is 1. The Bertz CT molecular complexity index is 550. The average Bonchev–Trinajstić information content (AvgIpc) is 2.57. The van der Waals surface area contributed by atoms with Crippen molar-refractivity contribution in [1.29, 1.82) is 0 Å². The van der Waals surface area contributed by atoms with Gasteiger partial charge in [-0.1, -0.05) is 11.6 Å². The van der Waals surface area contributed by atoms with Crippen molar-refractivity contribution < 1.29 is 0 Å². The van der Waals surface area contributed by atoms with Gasteiger partial charge in [-0.2, -0.15) is 0 Å². The molecular formula is C14H15ClN2. The first kappa shape index (κ1) is 11.9. The number of aliphatic imine (C=N–C) groups is 1. The van der Waals surface area contributed by atoms with E-state index in [4.69, 9.17) is 11.6 Å². The minimum Gasteiger partial charge on any atom is -0.318 e. The van der Waals surface area contributed by atoms with Crippen LogP contribution in [-0.2, 0) is 0 Å². The molecule has 2 aromatic rings. The van der Waals surface area contributed by atoms with E-state index in [0.717, 1.165) is 16.3 Å². The van der Waals surface area contributed by atoms with Crippen LogP contribution in [0.5, 0.6) is 0 Å². The van der Waals surface area contributed by atoms with E-state index in [0.29, 0.717) is 0 Å². The van der Waals surface area contributed by atoms with Gasteiger partial charge >= 0.3 is 0 Å². The molecule has 0 N–H and O–H groups in total. The number of aryl methyl sites for hydroxylation is 1. The molecule has 0 bridgehead atoms. The van der Waals surface area contributed by atoms with Crippen LogP contribution in [0.4, 0.5) is 0 Å². The van der Waals surface area contributed by atoms with Gasteiger partial charge in [0.2, 0.25) is 0 Å². The van der Waals surface area contributed by atoms with Crippen LogP contribution in [0, 0.1) is 13.8 Å². The number of halogens is 1. The van der Waals surface area contributed by atoms with Crippen molar-refractivity contribution in [3.05, 3.63) is 52.3 Å². The molecule has 1 aromatic heterocycles. The zero-order chi connectivity index (χ0) is 12.4. The first-order valence-corrected chi connectivity index (χ1v) is 5.88. The fourth-order valence-electron chi connectivity index (χ4n) is 2.04. The monoisotopic (exact) mass is 246 g/mol. The zero-order valence-corrected chi connectivity index (χ0v) is 11.0. The standard InChI is InChI=1S/C14H15ClN2/c1-10-8-12(9-16-3)11(2)17(10)14-6-4-13(15)5-7-14/h4-9H,1-3H3. The van der Waals surface area contributed by atoms with Crippen LogP contribution >= 0.6 is 11.6 Å². The molecule has 0 unspecified atom stereocenters. The maximum absolute atomic E-state index is 5.90. The first-order chi connectivity index (χ1) is 8.13. The van der Waals surface area contributed by atoms with Gasteiger partial charge in [-0.3, -0.25) is 4.99 Å². The summed E-state index contributed by atoms with van der Waals surface area (Å²) in [6, 6.07) is 9.99. The van der Waals surface area contributed by atoms with Gasteiger partial charge in [0.25, 0.3) is 0 Å². The number of rotatable bonds is 2. The van der Waals surface area contributed by atoms with Crippen molar-refractivity contribution >= 4 is 17.8 Å². The lowest BCUT2D eigenvalue weighted by atomic mass is 10.2. The molecule has 0 atom stereocenters. The molecule has 2 rings (SSSR count). The fourth-order valence-corrected chi connectivity index (χ4v) is 2.17.